The van der Waals surface area contributed by atoms with Crippen LogP contribution in [-0.4, -0.2) is 44.0 Å². The van der Waals surface area contributed by atoms with Gasteiger partial charge in [-0.05, 0) is 42.8 Å². The van der Waals surface area contributed by atoms with Crippen molar-refractivity contribution in [2.75, 3.05) is 13.3 Å². The molecule has 0 aliphatic rings. The van der Waals surface area contributed by atoms with Gasteiger partial charge in [-0.1, -0.05) is 0 Å². The van der Waals surface area contributed by atoms with Crippen molar-refractivity contribution in [2.45, 2.75) is 31.8 Å². The summed E-state index contributed by atoms with van der Waals surface area (Å²) >= 11 is 3.22. The maximum absolute atomic E-state index is 11.5. The van der Waals surface area contributed by atoms with Crippen LogP contribution >= 0.6 is 15.9 Å². The Morgan fingerprint density at radius 1 is 1.47 bits per heavy atom. The molecule has 0 aliphatic carbocycles. The summed E-state index contributed by atoms with van der Waals surface area (Å²) in [7, 11) is -1.41. The van der Waals surface area contributed by atoms with Crippen molar-refractivity contribution in [3.05, 3.63) is 16.2 Å². The predicted molar refractivity (Wildman–Crippen MR) is 80.8 cm³/mol. The molecular formula is C12H18BrN3O2S. The van der Waals surface area contributed by atoms with Gasteiger partial charge in [-0.2, -0.15) is 0 Å². The van der Waals surface area contributed by atoms with E-state index in [1.807, 2.05) is 11.9 Å². The molecule has 0 aliphatic heterocycles. The van der Waals surface area contributed by atoms with Crippen molar-refractivity contribution in [1.29, 1.82) is 0 Å². The fraction of sp³-hybridized carbons (Fsp3) is 0.500. The molecule has 0 N–H and O–H groups in total. The topological polar surface area (TPSA) is 62.6 Å². The molecule has 7 heteroatoms. The Morgan fingerprint density at radius 2 is 2.05 bits per heavy atom. The highest BCUT2D eigenvalue weighted by molar-refractivity contribution is 9.10. The summed E-state index contributed by atoms with van der Waals surface area (Å²) in [4.78, 5) is 10.4. The standard InChI is InChI=1S/C12H18BrN3O2S/c1-8(2)16(4)7-14-11-6-10(13)12(15-9(11)3)19(5,17)18/h6-8H,1-5H3. The molecule has 0 bridgehead atoms. The average Bonchev–Trinajstić information content (AvgIpc) is 2.27. The lowest BCUT2D eigenvalue weighted by Gasteiger charge is -2.17. The fourth-order valence-electron chi connectivity index (χ4n) is 1.23. The normalized spacial score (nSPS) is 12.4. The first-order valence-corrected chi connectivity index (χ1v) is 8.44. The van der Waals surface area contributed by atoms with Gasteiger partial charge < -0.3 is 4.90 Å². The second-order valence-electron chi connectivity index (χ2n) is 4.66. The van der Waals surface area contributed by atoms with Gasteiger partial charge in [-0.3, -0.25) is 0 Å². The van der Waals surface area contributed by atoms with E-state index >= 15 is 0 Å². The number of aromatic nitrogens is 1. The van der Waals surface area contributed by atoms with Crippen molar-refractivity contribution in [3.8, 4) is 0 Å². The average molecular weight is 348 g/mol. The highest BCUT2D eigenvalue weighted by Gasteiger charge is 2.16. The molecule has 0 spiro atoms. The number of halogens is 1. The van der Waals surface area contributed by atoms with Crippen LogP contribution in [0.4, 0.5) is 5.69 Å². The predicted octanol–water partition coefficient (Wildman–Crippen LogP) is 2.56. The van der Waals surface area contributed by atoms with Gasteiger partial charge in [0.25, 0.3) is 0 Å². The molecule has 1 aromatic heterocycles. The number of hydrogen-bond donors (Lipinski definition) is 0. The van der Waals surface area contributed by atoms with E-state index in [0.29, 0.717) is 21.9 Å². The summed E-state index contributed by atoms with van der Waals surface area (Å²) in [5.41, 5.74) is 1.23. The van der Waals surface area contributed by atoms with Gasteiger partial charge in [-0.25, -0.2) is 18.4 Å². The molecule has 19 heavy (non-hydrogen) atoms. The van der Waals surface area contributed by atoms with E-state index in [4.69, 9.17) is 0 Å². The van der Waals surface area contributed by atoms with Crippen molar-refractivity contribution in [1.82, 2.24) is 9.88 Å². The molecule has 1 rings (SSSR count). The zero-order valence-corrected chi connectivity index (χ0v) is 14.1. The Kier molecular flexibility index (Phi) is 5.09. The first-order valence-electron chi connectivity index (χ1n) is 5.76. The van der Waals surface area contributed by atoms with E-state index in [9.17, 15) is 8.42 Å². The summed E-state index contributed by atoms with van der Waals surface area (Å²) < 4.78 is 23.5. The lowest BCUT2D eigenvalue weighted by molar-refractivity contribution is 0.429. The van der Waals surface area contributed by atoms with E-state index in [2.05, 4.69) is 39.8 Å². The molecule has 106 valence electrons. The van der Waals surface area contributed by atoms with Crippen LogP contribution in [0.1, 0.15) is 19.5 Å². The number of rotatable bonds is 4. The van der Waals surface area contributed by atoms with Gasteiger partial charge in [0.05, 0.1) is 22.2 Å². The molecule has 5 nitrogen and oxygen atoms in total. The molecule has 0 unspecified atom stereocenters. The minimum absolute atomic E-state index is 0.0427. The van der Waals surface area contributed by atoms with Gasteiger partial charge in [0.1, 0.15) is 0 Å². The maximum atomic E-state index is 11.5. The van der Waals surface area contributed by atoms with Gasteiger partial charge >= 0.3 is 0 Å². The second kappa shape index (κ2) is 6.00. The van der Waals surface area contributed by atoms with E-state index in [0.717, 1.165) is 6.26 Å². The van der Waals surface area contributed by atoms with E-state index in [1.165, 1.54) is 0 Å². The monoisotopic (exact) mass is 347 g/mol. The van der Waals surface area contributed by atoms with Crippen LogP contribution in [0.2, 0.25) is 0 Å². The summed E-state index contributed by atoms with van der Waals surface area (Å²) in [6.45, 7) is 5.85. The number of aliphatic imine (C=N–C) groups is 1. The van der Waals surface area contributed by atoms with Crippen molar-refractivity contribution >= 4 is 37.8 Å². The third kappa shape index (κ3) is 4.28. The van der Waals surface area contributed by atoms with Gasteiger partial charge in [0.2, 0.25) is 0 Å². The van der Waals surface area contributed by atoms with Crippen molar-refractivity contribution in [2.24, 2.45) is 4.99 Å². The van der Waals surface area contributed by atoms with E-state index in [-0.39, 0.29) is 5.03 Å². The Bertz CT molecular complexity index is 597. The molecule has 0 saturated heterocycles. The van der Waals surface area contributed by atoms with Crippen LogP contribution in [0.15, 0.2) is 20.6 Å². The van der Waals surface area contributed by atoms with Gasteiger partial charge in [-0.15, -0.1) is 0 Å². The van der Waals surface area contributed by atoms with Crippen LogP contribution in [0.25, 0.3) is 0 Å². The van der Waals surface area contributed by atoms with Crippen LogP contribution in [-0.2, 0) is 9.84 Å². The minimum Gasteiger partial charge on any atom is -0.363 e. The molecule has 0 fully saturated rings. The van der Waals surface area contributed by atoms with Crippen LogP contribution in [0, 0.1) is 6.92 Å². The van der Waals surface area contributed by atoms with E-state index in [1.54, 1.807) is 19.3 Å². The molecular weight excluding hydrogens is 330 g/mol. The number of aryl methyl sites for hydroxylation is 1. The molecule has 1 aromatic rings. The van der Waals surface area contributed by atoms with Gasteiger partial charge in [0, 0.05) is 19.3 Å². The Hall–Kier alpha value is -0.950. The summed E-state index contributed by atoms with van der Waals surface area (Å²) in [5, 5.41) is 0.0427. The number of sulfone groups is 1. The molecule has 1 heterocycles. The first-order chi connectivity index (χ1) is 8.62. The molecule has 0 atom stereocenters. The number of hydrogen-bond acceptors (Lipinski definition) is 4. The summed E-state index contributed by atoms with van der Waals surface area (Å²) in [6.07, 6.45) is 2.84. The van der Waals surface area contributed by atoms with Gasteiger partial charge in [0.15, 0.2) is 14.9 Å². The van der Waals surface area contributed by atoms with Crippen LogP contribution in [0.3, 0.4) is 0 Å². The lowest BCUT2D eigenvalue weighted by Crippen LogP contribution is -2.24. The smallest absolute Gasteiger partial charge is 0.193 e. The van der Waals surface area contributed by atoms with Crippen molar-refractivity contribution in [3.63, 3.8) is 0 Å². The Labute approximate surface area is 122 Å². The number of nitrogens with zero attached hydrogens (tertiary/aromatic N) is 3. The largest absolute Gasteiger partial charge is 0.363 e. The Morgan fingerprint density at radius 3 is 2.53 bits per heavy atom. The van der Waals surface area contributed by atoms with Crippen LogP contribution < -0.4 is 0 Å². The molecule has 0 saturated carbocycles. The quantitative estimate of drug-likeness (QED) is 0.620. The van der Waals surface area contributed by atoms with E-state index < -0.39 is 9.84 Å². The zero-order valence-electron chi connectivity index (χ0n) is 11.7. The minimum atomic E-state index is -3.34. The van der Waals surface area contributed by atoms with Crippen LogP contribution in [0.5, 0.6) is 0 Å². The SMILES string of the molecule is Cc1nc(S(C)(=O)=O)c(Br)cc1N=CN(C)C(C)C. The zero-order chi connectivity index (χ0) is 14.8. The highest BCUT2D eigenvalue weighted by Crippen LogP contribution is 2.27. The third-order valence-electron chi connectivity index (χ3n) is 2.65. The van der Waals surface area contributed by atoms with Crippen molar-refractivity contribution < 1.29 is 8.42 Å². The maximum Gasteiger partial charge on any atom is 0.193 e. The lowest BCUT2D eigenvalue weighted by atomic mass is 10.3. The molecule has 0 aromatic carbocycles. The summed E-state index contributed by atoms with van der Waals surface area (Å²) in [6, 6.07) is 2.01. The Balaban J connectivity index is 3.17. The third-order valence-corrected chi connectivity index (χ3v) is 4.53. The first kappa shape index (κ1) is 16.1. The highest BCUT2D eigenvalue weighted by atomic mass is 79.9. The second-order valence-corrected chi connectivity index (χ2v) is 7.44. The number of pyridine rings is 1. The molecule has 0 amide bonds. The summed E-state index contributed by atoms with van der Waals surface area (Å²) in [5.74, 6) is 0. The molecule has 0 radical (unpaired) electrons. The fourth-order valence-corrected chi connectivity index (χ4v) is 3.13.